The Kier molecular flexibility index (Phi) is 5.63. The van der Waals surface area contributed by atoms with Crippen molar-refractivity contribution < 1.29 is 9.59 Å². The normalized spacial score (nSPS) is 10.6. The molecular weight excluding hydrogens is 408 g/mol. The van der Waals surface area contributed by atoms with E-state index in [0.29, 0.717) is 22.8 Å². The smallest absolute Gasteiger partial charge is 0.296 e. The second kappa shape index (κ2) is 8.68. The third-order valence-electron chi connectivity index (χ3n) is 4.70. The molecule has 3 N–H and O–H groups in total. The number of aromatic amines is 1. The molecule has 1 aromatic carbocycles. The molecule has 0 saturated heterocycles. The summed E-state index contributed by atoms with van der Waals surface area (Å²) in [4.78, 5) is 44.9. The molecule has 0 atom stereocenters. The van der Waals surface area contributed by atoms with Crippen molar-refractivity contribution in [2.75, 3.05) is 10.6 Å². The quantitative estimate of drug-likeness (QED) is 0.451. The highest BCUT2D eigenvalue weighted by atomic mass is 16.2. The standard InChI is InChI=1S/C23H20N6O3/c1-14-21(26-15(2)30)23(32)29(28-14)20-11-8-17(12-25-20)22(31)27-18-9-10-19(24-13-18)16-6-4-3-5-7-16/h3-13,28H,1-2H3,(H,26,30)(H,27,31). The van der Waals surface area contributed by atoms with E-state index in [9.17, 15) is 14.4 Å². The first-order valence-corrected chi connectivity index (χ1v) is 9.81. The Morgan fingerprint density at radius 2 is 1.72 bits per heavy atom. The van der Waals surface area contributed by atoms with E-state index in [1.165, 1.54) is 17.8 Å². The molecule has 4 rings (SSSR count). The maximum absolute atomic E-state index is 12.6. The van der Waals surface area contributed by atoms with Gasteiger partial charge in [0.05, 0.1) is 28.8 Å². The number of nitrogens with zero attached hydrogens (tertiary/aromatic N) is 3. The molecule has 0 aliphatic heterocycles. The SMILES string of the molecule is CC(=O)Nc1c(C)[nH]n(-c2ccc(C(=O)Nc3ccc(-c4ccccc4)nc3)cn2)c1=O. The van der Waals surface area contributed by atoms with Gasteiger partial charge >= 0.3 is 0 Å². The van der Waals surface area contributed by atoms with Gasteiger partial charge in [-0.2, -0.15) is 4.68 Å². The first-order valence-electron chi connectivity index (χ1n) is 9.81. The molecule has 32 heavy (non-hydrogen) atoms. The van der Waals surface area contributed by atoms with Gasteiger partial charge in [-0.25, -0.2) is 4.98 Å². The number of nitrogens with one attached hydrogen (secondary N) is 3. The zero-order chi connectivity index (χ0) is 22.7. The van der Waals surface area contributed by atoms with Crippen LogP contribution in [0.5, 0.6) is 0 Å². The number of hydrogen-bond donors (Lipinski definition) is 3. The molecule has 0 spiro atoms. The van der Waals surface area contributed by atoms with Crippen molar-refractivity contribution in [2.24, 2.45) is 0 Å². The van der Waals surface area contributed by atoms with E-state index >= 15 is 0 Å². The molecule has 9 heteroatoms. The number of aromatic nitrogens is 4. The van der Waals surface area contributed by atoms with E-state index in [1.807, 2.05) is 36.4 Å². The molecule has 0 unspecified atom stereocenters. The molecular formula is C23H20N6O3. The van der Waals surface area contributed by atoms with Gasteiger partial charge in [-0.05, 0) is 31.2 Å². The average molecular weight is 428 g/mol. The number of aryl methyl sites for hydroxylation is 1. The maximum atomic E-state index is 12.6. The van der Waals surface area contributed by atoms with Gasteiger partial charge < -0.3 is 10.6 Å². The van der Waals surface area contributed by atoms with Crippen LogP contribution in [0.3, 0.4) is 0 Å². The predicted octanol–water partition coefficient (Wildman–Crippen LogP) is 3.14. The van der Waals surface area contributed by atoms with E-state index in [4.69, 9.17) is 0 Å². The lowest BCUT2D eigenvalue weighted by molar-refractivity contribution is -0.114. The van der Waals surface area contributed by atoms with E-state index in [0.717, 1.165) is 11.3 Å². The van der Waals surface area contributed by atoms with Crippen LogP contribution in [-0.4, -0.2) is 31.6 Å². The molecule has 9 nitrogen and oxygen atoms in total. The molecule has 4 aromatic rings. The molecule has 2 amide bonds. The topological polar surface area (TPSA) is 122 Å². The van der Waals surface area contributed by atoms with Crippen molar-refractivity contribution in [1.82, 2.24) is 19.7 Å². The summed E-state index contributed by atoms with van der Waals surface area (Å²) in [6.45, 7) is 2.99. The molecule has 0 aliphatic rings. The highest BCUT2D eigenvalue weighted by Crippen LogP contribution is 2.18. The van der Waals surface area contributed by atoms with Crippen molar-refractivity contribution in [3.8, 4) is 17.1 Å². The molecule has 0 saturated carbocycles. The molecule has 0 fully saturated rings. The first-order chi connectivity index (χ1) is 15.4. The van der Waals surface area contributed by atoms with Gasteiger partial charge in [-0.3, -0.25) is 24.5 Å². The summed E-state index contributed by atoms with van der Waals surface area (Å²) in [6, 6.07) is 16.4. The van der Waals surface area contributed by atoms with Crippen LogP contribution in [0.15, 0.2) is 71.8 Å². The van der Waals surface area contributed by atoms with Gasteiger partial charge in [0.25, 0.3) is 11.5 Å². The number of carbonyl (C=O) groups is 2. The Labute approximate surface area is 183 Å². The number of anilines is 2. The lowest BCUT2D eigenvalue weighted by atomic mass is 10.1. The Balaban J connectivity index is 1.48. The zero-order valence-electron chi connectivity index (χ0n) is 17.4. The van der Waals surface area contributed by atoms with Gasteiger partial charge in [-0.15, -0.1) is 0 Å². The molecule has 0 bridgehead atoms. The van der Waals surface area contributed by atoms with Crippen LogP contribution >= 0.6 is 0 Å². The van der Waals surface area contributed by atoms with Crippen LogP contribution in [-0.2, 0) is 4.79 Å². The Morgan fingerprint density at radius 3 is 2.34 bits per heavy atom. The fourth-order valence-corrected chi connectivity index (χ4v) is 3.13. The third kappa shape index (κ3) is 4.31. The molecule has 0 radical (unpaired) electrons. The number of amides is 2. The molecule has 160 valence electrons. The van der Waals surface area contributed by atoms with Crippen molar-refractivity contribution in [3.05, 3.63) is 88.6 Å². The first kappa shape index (κ1) is 20.7. The number of pyridine rings is 2. The number of hydrogen-bond acceptors (Lipinski definition) is 5. The van der Waals surface area contributed by atoms with E-state index in [-0.39, 0.29) is 17.5 Å². The minimum atomic E-state index is -0.438. The Bertz CT molecular complexity index is 1320. The van der Waals surface area contributed by atoms with Crippen molar-refractivity contribution in [3.63, 3.8) is 0 Å². The van der Waals surface area contributed by atoms with Crippen LogP contribution < -0.4 is 16.2 Å². The van der Waals surface area contributed by atoms with Crippen LogP contribution in [0.4, 0.5) is 11.4 Å². The van der Waals surface area contributed by atoms with E-state index in [2.05, 4.69) is 25.7 Å². The highest BCUT2D eigenvalue weighted by molar-refractivity contribution is 6.04. The van der Waals surface area contributed by atoms with Crippen molar-refractivity contribution in [2.45, 2.75) is 13.8 Å². The minimum absolute atomic E-state index is 0.160. The fourth-order valence-electron chi connectivity index (χ4n) is 3.13. The number of H-pyrrole nitrogens is 1. The summed E-state index contributed by atoms with van der Waals surface area (Å²) in [6.07, 6.45) is 2.96. The second-order valence-electron chi connectivity index (χ2n) is 7.09. The van der Waals surface area contributed by atoms with Gasteiger partial charge in [-0.1, -0.05) is 30.3 Å². The van der Waals surface area contributed by atoms with Crippen molar-refractivity contribution in [1.29, 1.82) is 0 Å². The molecule has 3 aromatic heterocycles. The monoisotopic (exact) mass is 428 g/mol. The van der Waals surface area contributed by atoms with Crippen LogP contribution in [0.1, 0.15) is 23.0 Å². The lowest BCUT2D eigenvalue weighted by Gasteiger charge is -2.07. The highest BCUT2D eigenvalue weighted by Gasteiger charge is 2.15. The summed E-state index contributed by atoms with van der Waals surface area (Å²) in [5, 5.41) is 8.14. The van der Waals surface area contributed by atoms with E-state index in [1.54, 1.807) is 31.3 Å². The van der Waals surface area contributed by atoms with E-state index < -0.39 is 5.56 Å². The van der Waals surface area contributed by atoms with Crippen molar-refractivity contribution >= 4 is 23.2 Å². The van der Waals surface area contributed by atoms with Gasteiger partial charge in [0.2, 0.25) is 5.91 Å². The number of carbonyl (C=O) groups excluding carboxylic acids is 2. The van der Waals surface area contributed by atoms with Gasteiger partial charge in [0, 0.05) is 18.7 Å². The summed E-state index contributed by atoms with van der Waals surface area (Å²) < 4.78 is 1.20. The minimum Gasteiger partial charge on any atom is -0.321 e. The third-order valence-corrected chi connectivity index (χ3v) is 4.70. The van der Waals surface area contributed by atoms with Crippen LogP contribution in [0, 0.1) is 6.92 Å². The Morgan fingerprint density at radius 1 is 0.938 bits per heavy atom. The average Bonchev–Trinajstić information content (AvgIpc) is 3.08. The largest absolute Gasteiger partial charge is 0.321 e. The fraction of sp³-hybridized carbons (Fsp3) is 0.0870. The van der Waals surface area contributed by atoms with Crippen LogP contribution in [0.25, 0.3) is 17.1 Å². The second-order valence-corrected chi connectivity index (χ2v) is 7.09. The molecule has 0 aliphatic carbocycles. The Hall–Kier alpha value is -4.53. The summed E-state index contributed by atoms with van der Waals surface area (Å²) in [7, 11) is 0. The number of benzene rings is 1. The number of rotatable bonds is 5. The van der Waals surface area contributed by atoms with Crippen LogP contribution in [0.2, 0.25) is 0 Å². The van der Waals surface area contributed by atoms with Gasteiger partial charge in [0.15, 0.2) is 5.82 Å². The maximum Gasteiger partial charge on any atom is 0.296 e. The zero-order valence-corrected chi connectivity index (χ0v) is 17.4. The van der Waals surface area contributed by atoms with Gasteiger partial charge in [0.1, 0.15) is 5.69 Å². The summed E-state index contributed by atoms with van der Waals surface area (Å²) >= 11 is 0. The molecule has 3 heterocycles. The summed E-state index contributed by atoms with van der Waals surface area (Å²) in [5.41, 5.74) is 2.88. The summed E-state index contributed by atoms with van der Waals surface area (Å²) in [5.74, 6) is -0.407. The predicted molar refractivity (Wildman–Crippen MR) is 121 cm³/mol. The lowest BCUT2D eigenvalue weighted by Crippen LogP contribution is -2.20.